The molecule has 0 aliphatic carbocycles. The Morgan fingerprint density at radius 3 is 1.97 bits per heavy atom. The molecule has 11 nitrogen and oxygen atoms in total. The van der Waals surface area contributed by atoms with Crippen molar-refractivity contribution >= 4 is 17.8 Å². The van der Waals surface area contributed by atoms with Crippen LogP contribution in [0.3, 0.4) is 0 Å². The second-order valence-electron chi connectivity index (χ2n) is 8.54. The van der Waals surface area contributed by atoms with Crippen molar-refractivity contribution in [3.8, 4) is 0 Å². The van der Waals surface area contributed by atoms with Gasteiger partial charge in [-0.1, -0.05) is 13.8 Å². The molecule has 0 aromatic carbocycles. The van der Waals surface area contributed by atoms with E-state index in [4.69, 9.17) is 28.4 Å². The molecular formula is C23H39F3N2O9. The Hall–Kier alpha value is -2.00. The van der Waals surface area contributed by atoms with Crippen LogP contribution in [-0.2, 0) is 42.8 Å². The zero-order valence-electron chi connectivity index (χ0n) is 22.0. The SMILES string of the molecule is CC[C@H]1OC(OCCOCCOCCOCCN(C)C(=O)C(F)(F)F)[C@H](NC(C)=O)[C@@H](OC(C)=O)[C@H]1C. The van der Waals surface area contributed by atoms with E-state index in [1.807, 2.05) is 13.8 Å². The van der Waals surface area contributed by atoms with E-state index in [0.29, 0.717) is 11.3 Å². The third kappa shape index (κ3) is 12.4. The number of nitrogens with zero attached hydrogens (tertiary/aromatic N) is 1. The molecule has 0 radical (unpaired) electrons. The van der Waals surface area contributed by atoms with Gasteiger partial charge in [0.25, 0.3) is 0 Å². The molecule has 5 atom stereocenters. The predicted molar refractivity (Wildman–Crippen MR) is 123 cm³/mol. The summed E-state index contributed by atoms with van der Waals surface area (Å²) < 4.78 is 70.1. The molecule has 1 heterocycles. The number of likely N-dealkylation sites (N-methyl/N-ethyl adjacent to an activating group) is 1. The molecule has 0 saturated carbocycles. The summed E-state index contributed by atoms with van der Waals surface area (Å²) in [4.78, 5) is 34.9. The zero-order chi connectivity index (χ0) is 28.0. The minimum atomic E-state index is -4.90. The van der Waals surface area contributed by atoms with E-state index in [-0.39, 0.29) is 70.7 Å². The number of hydrogen-bond donors (Lipinski definition) is 1. The number of esters is 1. The van der Waals surface area contributed by atoms with Crippen LogP contribution in [0, 0.1) is 5.92 Å². The fraction of sp³-hybridized carbons (Fsp3) is 0.870. The number of halogens is 3. The third-order valence-electron chi connectivity index (χ3n) is 5.55. The van der Waals surface area contributed by atoms with Crippen LogP contribution in [0.2, 0.25) is 0 Å². The van der Waals surface area contributed by atoms with Crippen molar-refractivity contribution < 1.29 is 56.0 Å². The molecule has 0 aromatic rings. The maximum atomic E-state index is 12.3. The van der Waals surface area contributed by atoms with E-state index in [2.05, 4.69) is 5.32 Å². The van der Waals surface area contributed by atoms with Gasteiger partial charge in [-0.15, -0.1) is 0 Å². The van der Waals surface area contributed by atoms with E-state index in [1.54, 1.807) is 0 Å². The summed E-state index contributed by atoms with van der Waals surface area (Å²) in [6.07, 6.45) is -5.88. The van der Waals surface area contributed by atoms with Crippen LogP contribution in [0.25, 0.3) is 0 Å². The highest BCUT2D eigenvalue weighted by atomic mass is 19.4. The predicted octanol–water partition coefficient (Wildman–Crippen LogP) is 1.28. The molecule has 1 aliphatic heterocycles. The first-order valence-corrected chi connectivity index (χ1v) is 12.1. The Balaban J connectivity index is 2.25. The van der Waals surface area contributed by atoms with E-state index in [0.717, 1.165) is 7.05 Å². The van der Waals surface area contributed by atoms with Gasteiger partial charge in [-0.05, 0) is 6.42 Å². The molecule has 0 bridgehead atoms. The van der Waals surface area contributed by atoms with Gasteiger partial charge in [-0.25, -0.2) is 0 Å². The monoisotopic (exact) mass is 544 g/mol. The minimum Gasteiger partial charge on any atom is -0.460 e. The molecule has 0 aromatic heterocycles. The third-order valence-corrected chi connectivity index (χ3v) is 5.55. The van der Waals surface area contributed by atoms with Crippen molar-refractivity contribution in [2.45, 2.75) is 64.8 Å². The fourth-order valence-corrected chi connectivity index (χ4v) is 3.73. The normalized spacial score (nSPS) is 23.9. The topological polar surface area (TPSA) is 122 Å². The summed E-state index contributed by atoms with van der Waals surface area (Å²) in [5.74, 6) is -2.83. The van der Waals surface area contributed by atoms with Crippen LogP contribution in [-0.4, -0.2) is 113 Å². The van der Waals surface area contributed by atoms with E-state index >= 15 is 0 Å². The molecule has 1 N–H and O–H groups in total. The molecule has 1 unspecified atom stereocenters. The van der Waals surface area contributed by atoms with Crippen LogP contribution in [0.15, 0.2) is 0 Å². The number of nitrogens with one attached hydrogen (secondary N) is 1. The van der Waals surface area contributed by atoms with Crippen molar-refractivity contribution in [2.75, 3.05) is 59.8 Å². The lowest BCUT2D eigenvalue weighted by Crippen LogP contribution is -2.62. The van der Waals surface area contributed by atoms with Gasteiger partial charge in [0.1, 0.15) is 12.1 Å². The molecule has 1 saturated heterocycles. The van der Waals surface area contributed by atoms with Gasteiger partial charge in [0.15, 0.2) is 6.29 Å². The molecule has 2 amide bonds. The van der Waals surface area contributed by atoms with E-state index in [9.17, 15) is 27.6 Å². The Labute approximate surface area is 215 Å². The summed E-state index contributed by atoms with van der Waals surface area (Å²) in [7, 11) is 1.05. The number of carbonyl (C=O) groups is 3. The van der Waals surface area contributed by atoms with Gasteiger partial charge in [0.05, 0.1) is 52.4 Å². The lowest BCUT2D eigenvalue weighted by Gasteiger charge is -2.44. The number of alkyl halides is 3. The minimum absolute atomic E-state index is 0.0474. The smallest absolute Gasteiger partial charge is 0.460 e. The molecular weight excluding hydrogens is 505 g/mol. The quantitative estimate of drug-likeness (QED) is 0.226. The first-order chi connectivity index (χ1) is 17.4. The highest BCUT2D eigenvalue weighted by Crippen LogP contribution is 2.30. The van der Waals surface area contributed by atoms with Crippen molar-refractivity contribution in [3.63, 3.8) is 0 Å². The first kappa shape index (κ1) is 33.0. The highest BCUT2D eigenvalue weighted by Gasteiger charge is 2.46. The Kier molecular flexibility index (Phi) is 15.0. The Morgan fingerprint density at radius 2 is 1.49 bits per heavy atom. The van der Waals surface area contributed by atoms with Crippen LogP contribution in [0.1, 0.15) is 34.1 Å². The molecule has 14 heteroatoms. The van der Waals surface area contributed by atoms with Crippen LogP contribution in [0.4, 0.5) is 13.2 Å². The van der Waals surface area contributed by atoms with Crippen LogP contribution >= 0.6 is 0 Å². The largest absolute Gasteiger partial charge is 0.471 e. The number of ether oxygens (including phenoxy) is 6. The van der Waals surface area contributed by atoms with Crippen molar-refractivity contribution in [1.29, 1.82) is 0 Å². The van der Waals surface area contributed by atoms with Crippen LogP contribution in [0.5, 0.6) is 0 Å². The summed E-state index contributed by atoms with van der Waals surface area (Å²) in [5, 5.41) is 2.76. The summed E-state index contributed by atoms with van der Waals surface area (Å²) in [6, 6.07) is -0.672. The van der Waals surface area contributed by atoms with Crippen LogP contribution < -0.4 is 5.32 Å². The van der Waals surface area contributed by atoms with Crippen molar-refractivity contribution in [2.24, 2.45) is 5.92 Å². The van der Waals surface area contributed by atoms with Gasteiger partial charge >= 0.3 is 18.1 Å². The van der Waals surface area contributed by atoms with E-state index < -0.39 is 36.5 Å². The lowest BCUT2D eigenvalue weighted by molar-refractivity contribution is -0.255. The maximum Gasteiger partial charge on any atom is 0.471 e. The Morgan fingerprint density at radius 1 is 0.946 bits per heavy atom. The van der Waals surface area contributed by atoms with Gasteiger partial charge in [0.2, 0.25) is 5.91 Å². The molecule has 1 rings (SSSR count). The Bertz CT molecular complexity index is 711. The number of carbonyl (C=O) groups excluding carboxylic acids is 3. The van der Waals surface area contributed by atoms with Gasteiger partial charge in [-0.3, -0.25) is 14.4 Å². The molecule has 37 heavy (non-hydrogen) atoms. The number of amides is 2. The molecule has 0 spiro atoms. The lowest BCUT2D eigenvalue weighted by atomic mass is 9.87. The number of rotatable bonds is 16. The maximum absolute atomic E-state index is 12.3. The van der Waals surface area contributed by atoms with Crippen molar-refractivity contribution in [1.82, 2.24) is 10.2 Å². The average molecular weight is 545 g/mol. The van der Waals surface area contributed by atoms with Gasteiger partial charge in [0, 0.05) is 33.4 Å². The summed E-state index contributed by atoms with van der Waals surface area (Å²) in [6.45, 7) is 7.54. The first-order valence-electron chi connectivity index (χ1n) is 12.1. The molecule has 216 valence electrons. The van der Waals surface area contributed by atoms with Gasteiger partial charge in [-0.2, -0.15) is 13.2 Å². The van der Waals surface area contributed by atoms with E-state index in [1.165, 1.54) is 13.8 Å². The second-order valence-corrected chi connectivity index (χ2v) is 8.54. The second kappa shape index (κ2) is 16.8. The molecule has 1 fully saturated rings. The van der Waals surface area contributed by atoms with Crippen molar-refractivity contribution in [3.05, 3.63) is 0 Å². The zero-order valence-corrected chi connectivity index (χ0v) is 22.0. The fourth-order valence-electron chi connectivity index (χ4n) is 3.73. The van der Waals surface area contributed by atoms with Gasteiger partial charge < -0.3 is 38.6 Å². The number of hydrogen-bond acceptors (Lipinski definition) is 9. The highest BCUT2D eigenvalue weighted by molar-refractivity contribution is 5.81. The average Bonchev–Trinajstić information content (AvgIpc) is 2.81. The summed E-state index contributed by atoms with van der Waals surface area (Å²) in [5.41, 5.74) is 0. The standard InChI is InChI=1S/C23H39F3N2O9/c1-6-18-15(2)20(36-17(4)30)19(27-16(3)29)21(37-18)35-14-13-34-12-11-33-10-9-32-8-7-28(5)22(31)23(24,25)26/h15,18-21H,6-14H2,1-5H3,(H,27,29)/t15-,18+,19+,20-,21?/m0/s1. The summed E-state index contributed by atoms with van der Waals surface area (Å²) >= 11 is 0. The molecule has 1 aliphatic rings.